The van der Waals surface area contributed by atoms with Crippen LogP contribution in [0.15, 0.2) is 48.1 Å². The number of aliphatic hydroxyl groups excluding tert-OH is 1. The van der Waals surface area contributed by atoms with Crippen LogP contribution in [0.4, 0.5) is 5.82 Å². The van der Waals surface area contributed by atoms with Crippen LogP contribution in [0.25, 0.3) is 10.4 Å². The Labute approximate surface area is 315 Å². The summed E-state index contributed by atoms with van der Waals surface area (Å²) in [5.41, 5.74) is 4.51. The maximum atomic E-state index is 14.0. The quantitative estimate of drug-likeness (QED) is 0.175. The highest BCUT2D eigenvalue weighted by Crippen LogP contribution is 2.29. The summed E-state index contributed by atoms with van der Waals surface area (Å²) in [6, 6.07) is 9.37. The first kappa shape index (κ1) is 40.7. The van der Waals surface area contributed by atoms with Crippen LogP contribution >= 0.6 is 23.7 Å². The molecule has 13 nitrogen and oxygen atoms in total. The van der Waals surface area contributed by atoms with Gasteiger partial charge in [0.25, 0.3) is 5.91 Å². The van der Waals surface area contributed by atoms with E-state index in [0.29, 0.717) is 12.0 Å². The number of carbonyl (C=O) groups excluding carboxylic acids is 4. The number of anilines is 1. The minimum absolute atomic E-state index is 0. The predicted octanol–water partition coefficient (Wildman–Crippen LogP) is 3.23. The number of hydrogen-bond acceptors (Lipinski definition) is 10. The lowest BCUT2D eigenvalue weighted by Gasteiger charge is -2.35. The van der Waals surface area contributed by atoms with Crippen molar-refractivity contribution in [3.63, 3.8) is 0 Å². The van der Waals surface area contributed by atoms with Crippen LogP contribution in [-0.2, 0) is 14.4 Å². The molecule has 4 heterocycles. The van der Waals surface area contributed by atoms with E-state index in [4.69, 9.17) is 0 Å². The van der Waals surface area contributed by atoms with Gasteiger partial charge >= 0.3 is 0 Å². The van der Waals surface area contributed by atoms with Crippen LogP contribution in [0.2, 0.25) is 0 Å². The Morgan fingerprint density at radius 3 is 2.37 bits per heavy atom. The number of pyridine rings is 1. The minimum atomic E-state index is -0.930. The summed E-state index contributed by atoms with van der Waals surface area (Å²) in [5, 5.41) is 22.6. The van der Waals surface area contributed by atoms with Crippen molar-refractivity contribution in [1.82, 2.24) is 36.1 Å². The van der Waals surface area contributed by atoms with E-state index in [9.17, 15) is 24.3 Å². The number of thiazole rings is 1. The highest BCUT2D eigenvalue weighted by atomic mass is 35.5. The van der Waals surface area contributed by atoms with Crippen molar-refractivity contribution in [2.75, 3.05) is 44.2 Å². The molecule has 2 saturated heterocycles. The maximum Gasteiger partial charge on any atom is 0.252 e. The number of rotatable bonds is 12. The van der Waals surface area contributed by atoms with Gasteiger partial charge in [-0.1, -0.05) is 45.0 Å². The van der Waals surface area contributed by atoms with Crippen molar-refractivity contribution in [1.29, 1.82) is 0 Å². The molecule has 0 unspecified atom stereocenters. The van der Waals surface area contributed by atoms with Crippen LogP contribution in [0.1, 0.15) is 74.6 Å². The van der Waals surface area contributed by atoms with Crippen molar-refractivity contribution in [3.8, 4) is 10.4 Å². The monoisotopic (exact) mass is 754 g/mol. The van der Waals surface area contributed by atoms with E-state index >= 15 is 0 Å². The lowest BCUT2D eigenvalue weighted by atomic mass is 9.85. The van der Waals surface area contributed by atoms with Crippen LogP contribution < -0.4 is 26.2 Å². The number of carbonyl (C=O) groups is 4. The van der Waals surface area contributed by atoms with Gasteiger partial charge in [0.05, 0.1) is 33.8 Å². The van der Waals surface area contributed by atoms with Gasteiger partial charge in [-0.2, -0.15) is 0 Å². The molecule has 2 fully saturated rings. The molecule has 282 valence electrons. The van der Waals surface area contributed by atoms with Gasteiger partial charge in [-0.3, -0.25) is 19.2 Å². The van der Waals surface area contributed by atoms with Crippen molar-refractivity contribution >= 4 is 53.2 Å². The third kappa shape index (κ3) is 10.3. The third-order valence-corrected chi connectivity index (χ3v) is 10.4. The molecule has 0 radical (unpaired) electrons. The largest absolute Gasteiger partial charge is 0.391 e. The van der Waals surface area contributed by atoms with Gasteiger partial charge in [0.15, 0.2) is 0 Å². The standard InChI is InChI=1S/C37H50N8O5S.ClH/c1-23(25-8-10-26(11-9-25)32-24(2)41-22-51-32)42-35(49)29-19-28(46)21-45(29)36(50)33(37(3,4)5)43-31(47)7-6-14-39-34(48)27-12-13-30(40-20-27)44-17-15-38-16-18-44;/h8-13,20,22-23,28-29,33,38,46H,6-7,14-19,21H2,1-5H3,(H,39,48)(H,42,49)(H,43,47);1H/t23-,28+,29-,33+;/m0./s1. The lowest BCUT2D eigenvalue weighted by Crippen LogP contribution is -2.57. The van der Waals surface area contributed by atoms with E-state index in [1.807, 2.05) is 70.5 Å². The zero-order valence-corrected chi connectivity index (χ0v) is 32.1. The Balaban J connectivity index is 0.00000605. The molecule has 4 atom stereocenters. The lowest BCUT2D eigenvalue weighted by molar-refractivity contribution is -0.144. The first-order valence-electron chi connectivity index (χ1n) is 17.6. The van der Waals surface area contributed by atoms with Crippen LogP contribution in [0, 0.1) is 12.3 Å². The van der Waals surface area contributed by atoms with Gasteiger partial charge < -0.3 is 36.2 Å². The molecular weight excluding hydrogens is 704 g/mol. The zero-order valence-electron chi connectivity index (χ0n) is 30.5. The van der Waals surface area contributed by atoms with Gasteiger partial charge in [-0.25, -0.2) is 9.97 Å². The summed E-state index contributed by atoms with van der Waals surface area (Å²) in [6.45, 7) is 13.2. The summed E-state index contributed by atoms with van der Waals surface area (Å²) in [4.78, 5) is 66.7. The Bertz CT molecular complexity index is 1670. The number of nitrogens with zero attached hydrogens (tertiary/aromatic N) is 4. The number of amides is 4. The molecule has 5 rings (SSSR count). The van der Waals surface area contributed by atoms with E-state index in [0.717, 1.165) is 53.7 Å². The van der Waals surface area contributed by atoms with Gasteiger partial charge in [-0.15, -0.1) is 23.7 Å². The number of aliphatic hydroxyl groups is 1. The summed E-state index contributed by atoms with van der Waals surface area (Å²) >= 11 is 1.58. The number of likely N-dealkylation sites (tertiary alicyclic amines) is 1. The van der Waals surface area contributed by atoms with Crippen molar-refractivity contribution in [2.24, 2.45) is 5.41 Å². The topological polar surface area (TPSA) is 169 Å². The molecule has 2 aromatic heterocycles. The molecule has 52 heavy (non-hydrogen) atoms. The minimum Gasteiger partial charge on any atom is -0.391 e. The van der Waals surface area contributed by atoms with Crippen LogP contribution in [0.3, 0.4) is 0 Å². The van der Waals surface area contributed by atoms with E-state index in [1.165, 1.54) is 4.90 Å². The van der Waals surface area contributed by atoms with Gasteiger partial charge in [-0.05, 0) is 48.9 Å². The average molecular weight is 755 g/mol. The predicted molar refractivity (Wildman–Crippen MR) is 204 cm³/mol. The Hall–Kier alpha value is -4.11. The number of nitrogens with one attached hydrogen (secondary N) is 4. The van der Waals surface area contributed by atoms with Crippen molar-refractivity contribution < 1.29 is 24.3 Å². The molecule has 3 aromatic rings. The molecule has 0 aliphatic carbocycles. The smallest absolute Gasteiger partial charge is 0.252 e. The molecule has 0 saturated carbocycles. The number of aryl methyl sites for hydroxylation is 1. The van der Waals surface area contributed by atoms with Gasteiger partial charge in [0, 0.05) is 58.3 Å². The number of benzene rings is 1. The molecular formula is C37H51ClN8O5S. The van der Waals surface area contributed by atoms with E-state index in [2.05, 4.69) is 36.1 Å². The first-order chi connectivity index (χ1) is 24.3. The summed E-state index contributed by atoms with van der Waals surface area (Å²) in [7, 11) is 0. The number of aromatic nitrogens is 2. The Morgan fingerprint density at radius 2 is 1.75 bits per heavy atom. The molecule has 15 heteroatoms. The second kappa shape index (κ2) is 18.1. The number of halogens is 1. The molecule has 2 aliphatic heterocycles. The van der Waals surface area contributed by atoms with E-state index in [-0.39, 0.29) is 62.1 Å². The third-order valence-electron chi connectivity index (χ3n) is 9.38. The molecule has 0 spiro atoms. The highest BCUT2D eigenvalue weighted by molar-refractivity contribution is 7.13. The number of piperazine rings is 1. The fourth-order valence-electron chi connectivity index (χ4n) is 6.40. The van der Waals surface area contributed by atoms with E-state index < -0.39 is 29.5 Å². The fraction of sp³-hybridized carbons (Fsp3) is 0.514. The summed E-state index contributed by atoms with van der Waals surface area (Å²) in [6.07, 6.45) is 1.25. The average Bonchev–Trinajstić information content (AvgIpc) is 3.73. The molecule has 4 amide bonds. The zero-order chi connectivity index (χ0) is 36.7. The SMILES string of the molecule is Cc1ncsc1-c1ccc([C@H](C)NC(=O)[C@@H]2C[C@@H](O)CN2C(=O)[C@@H](NC(=O)CCCNC(=O)c2ccc(N3CCNCC3)nc2)C(C)(C)C)cc1.Cl. The first-order valence-corrected chi connectivity index (χ1v) is 18.5. The normalized spacial score (nSPS) is 18.6. The van der Waals surface area contributed by atoms with Crippen molar-refractivity contribution in [3.05, 3.63) is 64.9 Å². The fourth-order valence-corrected chi connectivity index (χ4v) is 7.21. The van der Waals surface area contributed by atoms with Gasteiger partial charge in [0.2, 0.25) is 17.7 Å². The van der Waals surface area contributed by atoms with Crippen molar-refractivity contribution in [2.45, 2.75) is 78.1 Å². The second-order valence-corrected chi connectivity index (χ2v) is 15.2. The highest BCUT2D eigenvalue weighted by Gasteiger charge is 2.44. The molecule has 2 aliphatic rings. The maximum absolute atomic E-state index is 14.0. The van der Waals surface area contributed by atoms with Crippen LogP contribution in [0.5, 0.6) is 0 Å². The number of hydrogen-bond donors (Lipinski definition) is 5. The number of β-amino-alcohol motifs (C(OH)–C–C–N with tert-alkyl or cyclic N) is 1. The van der Waals surface area contributed by atoms with Gasteiger partial charge in [0.1, 0.15) is 17.9 Å². The summed E-state index contributed by atoms with van der Waals surface area (Å²) in [5.74, 6) is -0.563. The van der Waals surface area contributed by atoms with Crippen LogP contribution in [-0.4, -0.2) is 101 Å². The Morgan fingerprint density at radius 1 is 1.04 bits per heavy atom. The molecule has 0 bridgehead atoms. The second-order valence-electron chi connectivity index (χ2n) is 14.4. The summed E-state index contributed by atoms with van der Waals surface area (Å²) < 4.78 is 0. The molecule has 1 aromatic carbocycles. The molecule has 5 N–H and O–H groups in total. The van der Waals surface area contributed by atoms with E-state index in [1.54, 1.807) is 23.6 Å². The Kier molecular flexibility index (Phi) is 14.1.